The van der Waals surface area contributed by atoms with Crippen molar-refractivity contribution in [3.8, 4) is 0 Å². The predicted octanol–water partition coefficient (Wildman–Crippen LogP) is 1.78. The van der Waals surface area contributed by atoms with Gasteiger partial charge in [0.25, 0.3) is 0 Å². The number of hydrogen-bond acceptors (Lipinski definition) is 3. The summed E-state index contributed by atoms with van der Waals surface area (Å²) < 4.78 is 0. The van der Waals surface area contributed by atoms with Crippen molar-refractivity contribution in [2.24, 2.45) is 15.7 Å². The van der Waals surface area contributed by atoms with Gasteiger partial charge in [-0.25, -0.2) is 0 Å². The van der Waals surface area contributed by atoms with Crippen molar-refractivity contribution in [1.82, 2.24) is 0 Å². The van der Waals surface area contributed by atoms with Gasteiger partial charge in [0.1, 0.15) is 5.84 Å². The van der Waals surface area contributed by atoms with E-state index >= 15 is 0 Å². The lowest BCUT2D eigenvalue weighted by molar-refractivity contribution is 0.829. The van der Waals surface area contributed by atoms with Crippen LogP contribution >= 0.6 is 0 Å². The normalized spacial score (nSPS) is 17.7. The van der Waals surface area contributed by atoms with E-state index in [1.54, 1.807) is 0 Å². The third-order valence-corrected chi connectivity index (χ3v) is 2.29. The molecule has 2 rings (SSSR count). The average molecular weight is 216 g/mol. The van der Waals surface area contributed by atoms with Gasteiger partial charge in [0, 0.05) is 18.2 Å². The number of nitrogens with two attached hydrogens (primary N) is 1. The van der Waals surface area contributed by atoms with Crippen LogP contribution in [0.3, 0.4) is 0 Å². The second kappa shape index (κ2) is 4.35. The zero-order valence-electron chi connectivity index (χ0n) is 9.57. The van der Waals surface area contributed by atoms with Crippen molar-refractivity contribution < 1.29 is 0 Å². The molecular weight excluding hydrogens is 200 g/mol. The number of guanidine groups is 1. The number of amidine groups is 1. The molecule has 0 unspecified atom stereocenters. The van der Waals surface area contributed by atoms with Gasteiger partial charge in [-0.2, -0.15) is 4.99 Å². The fraction of sp³-hybridized carbons (Fsp3) is 0.333. The fourth-order valence-corrected chi connectivity index (χ4v) is 1.68. The van der Waals surface area contributed by atoms with E-state index in [9.17, 15) is 0 Å². The molecule has 3 N–H and O–H groups in total. The summed E-state index contributed by atoms with van der Waals surface area (Å²) in [5.74, 6) is 1.19. The third kappa shape index (κ3) is 2.39. The van der Waals surface area contributed by atoms with Crippen LogP contribution in [0.1, 0.15) is 19.4 Å². The van der Waals surface area contributed by atoms with Crippen LogP contribution < -0.4 is 11.1 Å². The minimum absolute atomic E-state index is 0.233. The number of benzene rings is 1. The Kier molecular flexibility index (Phi) is 2.90. The Morgan fingerprint density at radius 2 is 2.12 bits per heavy atom. The summed E-state index contributed by atoms with van der Waals surface area (Å²) in [6.45, 7) is 4.06. The molecule has 1 heterocycles. The summed E-state index contributed by atoms with van der Waals surface area (Å²) in [4.78, 5) is 8.72. The van der Waals surface area contributed by atoms with E-state index in [1.165, 1.54) is 5.56 Å². The number of rotatable bonds is 1. The first kappa shape index (κ1) is 10.7. The molecule has 4 heteroatoms. The number of nitrogens with one attached hydrogen (secondary N) is 1. The highest BCUT2D eigenvalue weighted by Crippen LogP contribution is 2.18. The number of nitrogens with zero attached hydrogens (tertiary/aromatic N) is 2. The highest BCUT2D eigenvalue weighted by molar-refractivity contribution is 6.05. The molecule has 0 saturated carbocycles. The highest BCUT2D eigenvalue weighted by Gasteiger charge is 2.11. The van der Waals surface area contributed by atoms with Gasteiger partial charge >= 0.3 is 0 Å². The molecule has 0 aliphatic carbocycles. The van der Waals surface area contributed by atoms with Crippen LogP contribution in [0.25, 0.3) is 0 Å². The molecule has 84 valence electrons. The van der Waals surface area contributed by atoms with Crippen molar-refractivity contribution in [3.63, 3.8) is 0 Å². The molecule has 0 fully saturated rings. The quantitative estimate of drug-likeness (QED) is 0.751. The Morgan fingerprint density at radius 3 is 2.88 bits per heavy atom. The summed E-state index contributed by atoms with van der Waals surface area (Å²) in [5.41, 5.74) is 7.96. The van der Waals surface area contributed by atoms with Crippen LogP contribution in [0, 0.1) is 0 Å². The van der Waals surface area contributed by atoms with Crippen LogP contribution in [0.5, 0.6) is 0 Å². The maximum Gasteiger partial charge on any atom is 0.199 e. The molecule has 1 aromatic carbocycles. The van der Waals surface area contributed by atoms with Crippen LogP contribution in [0.4, 0.5) is 5.69 Å². The number of anilines is 1. The van der Waals surface area contributed by atoms with E-state index in [0.29, 0.717) is 5.96 Å². The topological polar surface area (TPSA) is 62.8 Å². The van der Waals surface area contributed by atoms with Gasteiger partial charge in [-0.05, 0) is 25.5 Å². The molecule has 0 amide bonds. The maximum atomic E-state index is 5.77. The van der Waals surface area contributed by atoms with E-state index in [-0.39, 0.29) is 6.04 Å². The number of para-hydroxylation sites is 1. The lowest BCUT2D eigenvalue weighted by Gasteiger charge is -2.05. The zero-order chi connectivity index (χ0) is 11.5. The summed E-state index contributed by atoms with van der Waals surface area (Å²) in [5, 5.41) is 3.07. The van der Waals surface area contributed by atoms with Crippen LogP contribution in [-0.2, 0) is 6.42 Å². The van der Waals surface area contributed by atoms with Gasteiger partial charge in [-0.15, -0.1) is 0 Å². The third-order valence-electron chi connectivity index (χ3n) is 2.29. The van der Waals surface area contributed by atoms with Crippen molar-refractivity contribution in [1.29, 1.82) is 0 Å². The summed E-state index contributed by atoms with van der Waals surface area (Å²) in [6.07, 6.45) is 0.724. The smallest absolute Gasteiger partial charge is 0.199 e. The Balaban J connectivity index is 2.38. The lowest BCUT2D eigenvalue weighted by atomic mass is 10.1. The first-order valence-corrected chi connectivity index (χ1v) is 5.41. The molecule has 0 radical (unpaired) electrons. The van der Waals surface area contributed by atoms with Crippen LogP contribution in [0.15, 0.2) is 34.3 Å². The number of aliphatic imine (C=N–C) groups is 2. The predicted molar refractivity (Wildman–Crippen MR) is 68.0 cm³/mol. The summed E-state index contributed by atoms with van der Waals surface area (Å²) in [6, 6.07) is 8.28. The van der Waals surface area contributed by atoms with E-state index in [1.807, 2.05) is 32.0 Å². The molecule has 1 aliphatic heterocycles. The van der Waals surface area contributed by atoms with E-state index < -0.39 is 0 Å². The molecular formula is C12H16N4. The molecule has 0 saturated heterocycles. The van der Waals surface area contributed by atoms with Gasteiger partial charge < -0.3 is 11.1 Å². The molecule has 1 aromatic rings. The lowest BCUT2D eigenvalue weighted by Crippen LogP contribution is -2.22. The average Bonchev–Trinajstić information content (AvgIpc) is 2.33. The Labute approximate surface area is 95.3 Å². The fourth-order valence-electron chi connectivity index (χ4n) is 1.68. The minimum Gasteiger partial charge on any atom is -0.369 e. The molecule has 1 aliphatic rings. The van der Waals surface area contributed by atoms with E-state index in [4.69, 9.17) is 5.73 Å². The molecule has 0 spiro atoms. The van der Waals surface area contributed by atoms with Gasteiger partial charge in [-0.3, -0.25) is 4.99 Å². The van der Waals surface area contributed by atoms with E-state index in [0.717, 1.165) is 17.9 Å². The Morgan fingerprint density at radius 1 is 1.38 bits per heavy atom. The number of fused-ring (bicyclic) bond motifs is 1. The standard InChI is InChI=1S/C12H16N4/c1-8(2)14-11-7-9-5-3-4-6-10(9)15-12(13)16-11/h3-6,8H,7H2,1-2H3,(H3,13,14,15,16). The molecule has 0 atom stereocenters. The second-order valence-corrected chi connectivity index (χ2v) is 4.10. The van der Waals surface area contributed by atoms with Crippen molar-refractivity contribution in [2.45, 2.75) is 26.3 Å². The summed E-state index contributed by atoms with van der Waals surface area (Å²) >= 11 is 0. The van der Waals surface area contributed by atoms with E-state index in [2.05, 4.69) is 21.4 Å². The van der Waals surface area contributed by atoms with Gasteiger partial charge in [0.05, 0.1) is 0 Å². The molecule has 4 nitrogen and oxygen atoms in total. The monoisotopic (exact) mass is 216 g/mol. The first-order chi connectivity index (χ1) is 7.65. The highest BCUT2D eigenvalue weighted by atomic mass is 15.1. The van der Waals surface area contributed by atoms with Crippen molar-refractivity contribution in [2.75, 3.05) is 5.32 Å². The minimum atomic E-state index is 0.233. The first-order valence-electron chi connectivity index (χ1n) is 5.41. The van der Waals surface area contributed by atoms with Gasteiger partial charge in [0.2, 0.25) is 0 Å². The largest absolute Gasteiger partial charge is 0.369 e. The second-order valence-electron chi connectivity index (χ2n) is 4.10. The molecule has 16 heavy (non-hydrogen) atoms. The molecule has 0 bridgehead atoms. The SMILES string of the molecule is CC(C)N=C1Cc2ccccc2NC(N)=N1. The van der Waals surface area contributed by atoms with Crippen molar-refractivity contribution in [3.05, 3.63) is 29.8 Å². The maximum absolute atomic E-state index is 5.77. The zero-order valence-corrected chi connectivity index (χ0v) is 9.57. The van der Waals surface area contributed by atoms with Crippen molar-refractivity contribution >= 4 is 17.5 Å². The Hall–Kier alpha value is -1.84. The van der Waals surface area contributed by atoms with Crippen LogP contribution in [-0.4, -0.2) is 17.8 Å². The number of hydrogen-bond donors (Lipinski definition) is 2. The molecule has 0 aromatic heterocycles. The Bertz CT molecular complexity index is 446. The van der Waals surface area contributed by atoms with Gasteiger partial charge in [0.15, 0.2) is 5.96 Å². The summed E-state index contributed by atoms with van der Waals surface area (Å²) in [7, 11) is 0. The van der Waals surface area contributed by atoms with Gasteiger partial charge in [-0.1, -0.05) is 18.2 Å². The van der Waals surface area contributed by atoms with Crippen LogP contribution in [0.2, 0.25) is 0 Å².